The average Bonchev–Trinajstić information content (AvgIpc) is 3.28. The van der Waals surface area contributed by atoms with Gasteiger partial charge < -0.3 is 9.64 Å². The highest BCUT2D eigenvalue weighted by atomic mass is 19.4. The third kappa shape index (κ3) is 3.90. The van der Waals surface area contributed by atoms with Crippen LogP contribution in [0.4, 0.5) is 13.2 Å². The van der Waals surface area contributed by atoms with Gasteiger partial charge in [-0.3, -0.25) is 4.79 Å². The zero-order chi connectivity index (χ0) is 18.7. The number of hydrogen-bond acceptors (Lipinski definition) is 5. The van der Waals surface area contributed by atoms with E-state index in [4.69, 9.17) is 4.74 Å². The molecule has 1 fully saturated rings. The van der Waals surface area contributed by atoms with Crippen LogP contribution in [0, 0.1) is 0 Å². The van der Waals surface area contributed by atoms with E-state index in [0.29, 0.717) is 24.5 Å². The summed E-state index contributed by atoms with van der Waals surface area (Å²) >= 11 is 0. The maximum atomic E-state index is 12.6. The minimum absolute atomic E-state index is 0.104. The number of nitrogens with zero attached hydrogens (tertiary/aromatic N) is 4. The summed E-state index contributed by atoms with van der Waals surface area (Å²) in [7, 11) is 0. The summed E-state index contributed by atoms with van der Waals surface area (Å²) in [6, 6.07) is 4.76. The summed E-state index contributed by atoms with van der Waals surface area (Å²) in [5.74, 6) is -0.104. The third-order valence-electron chi connectivity index (χ3n) is 4.19. The van der Waals surface area contributed by atoms with E-state index in [1.807, 2.05) is 0 Å². The van der Waals surface area contributed by atoms with E-state index < -0.39 is 17.8 Å². The van der Waals surface area contributed by atoms with Crippen molar-refractivity contribution >= 4 is 5.91 Å². The number of rotatable bonds is 5. The molecule has 7 nitrogen and oxygen atoms in total. The lowest BCUT2D eigenvalue weighted by atomic mass is 10.1. The highest BCUT2D eigenvalue weighted by molar-refractivity contribution is 5.87. The van der Waals surface area contributed by atoms with Crippen LogP contribution < -0.4 is 0 Å². The molecule has 1 N–H and O–H groups in total. The predicted molar refractivity (Wildman–Crippen MR) is 83.7 cm³/mol. The number of H-pyrrole nitrogens is 1. The molecule has 2 heterocycles. The Labute approximate surface area is 146 Å². The molecule has 1 aliphatic rings. The fraction of sp³-hybridized carbons (Fsp3) is 0.375. The molecule has 0 saturated carbocycles. The third-order valence-corrected chi connectivity index (χ3v) is 4.19. The van der Waals surface area contributed by atoms with Crippen molar-refractivity contribution in [1.29, 1.82) is 0 Å². The number of tetrazole rings is 1. The minimum Gasteiger partial charge on any atom is -0.371 e. The molecule has 2 unspecified atom stereocenters. The maximum absolute atomic E-state index is 12.6. The molecule has 0 radical (unpaired) electrons. The number of nitrogens with one attached hydrogen (secondary N) is 1. The van der Waals surface area contributed by atoms with E-state index in [0.717, 1.165) is 12.1 Å². The molecule has 1 amide bonds. The van der Waals surface area contributed by atoms with Gasteiger partial charge in [-0.15, -0.1) is 10.2 Å². The van der Waals surface area contributed by atoms with E-state index in [-0.39, 0.29) is 18.4 Å². The van der Waals surface area contributed by atoms with Crippen LogP contribution in [-0.2, 0) is 22.3 Å². The van der Waals surface area contributed by atoms with Crippen LogP contribution >= 0.6 is 0 Å². The van der Waals surface area contributed by atoms with Gasteiger partial charge in [0.05, 0.1) is 24.2 Å². The van der Waals surface area contributed by atoms with E-state index >= 15 is 0 Å². The summed E-state index contributed by atoms with van der Waals surface area (Å²) < 4.78 is 43.7. The SMILES string of the molecule is C=CC(=O)N1CC(OCc2ccc(C(F)(F)F)cc2)C(c2nn[nH]n2)C1. The van der Waals surface area contributed by atoms with Gasteiger partial charge in [0.1, 0.15) is 0 Å². The van der Waals surface area contributed by atoms with Crippen LogP contribution in [0.1, 0.15) is 22.9 Å². The summed E-state index contributed by atoms with van der Waals surface area (Å²) in [4.78, 5) is 13.4. The van der Waals surface area contributed by atoms with Crippen molar-refractivity contribution in [3.8, 4) is 0 Å². The standard InChI is InChI=1S/C16H16F3N5O2/c1-2-14(25)24-7-12(15-20-22-23-21-15)13(8-24)26-9-10-3-5-11(6-4-10)16(17,18)19/h2-6,12-13H,1,7-9H2,(H,20,21,22,23). The number of carbonyl (C=O) groups is 1. The highest BCUT2D eigenvalue weighted by Crippen LogP contribution is 2.30. The van der Waals surface area contributed by atoms with Gasteiger partial charge in [-0.25, -0.2) is 0 Å². The van der Waals surface area contributed by atoms with Gasteiger partial charge in [-0.2, -0.15) is 18.4 Å². The number of likely N-dealkylation sites (tertiary alicyclic amines) is 1. The van der Waals surface area contributed by atoms with Crippen LogP contribution in [0.15, 0.2) is 36.9 Å². The van der Waals surface area contributed by atoms with Gasteiger partial charge in [0.15, 0.2) is 5.82 Å². The normalized spacial score (nSPS) is 20.3. The Morgan fingerprint density at radius 1 is 1.35 bits per heavy atom. The van der Waals surface area contributed by atoms with E-state index in [2.05, 4.69) is 27.2 Å². The van der Waals surface area contributed by atoms with Crippen LogP contribution in [0.25, 0.3) is 0 Å². The number of aromatic amines is 1. The first-order chi connectivity index (χ1) is 12.4. The molecule has 1 aliphatic heterocycles. The Morgan fingerprint density at radius 2 is 2.08 bits per heavy atom. The van der Waals surface area contributed by atoms with Crippen molar-refractivity contribution in [2.24, 2.45) is 0 Å². The molecule has 3 rings (SSSR count). The van der Waals surface area contributed by atoms with Gasteiger partial charge in [-0.05, 0) is 23.8 Å². The second kappa shape index (κ2) is 7.24. The first-order valence-corrected chi connectivity index (χ1v) is 7.81. The molecule has 2 atom stereocenters. The van der Waals surface area contributed by atoms with Gasteiger partial charge in [-0.1, -0.05) is 23.9 Å². The monoisotopic (exact) mass is 367 g/mol. The number of hydrogen-bond donors (Lipinski definition) is 1. The maximum Gasteiger partial charge on any atom is 0.416 e. The molecular weight excluding hydrogens is 351 g/mol. The first kappa shape index (κ1) is 18.1. The quantitative estimate of drug-likeness (QED) is 0.817. The van der Waals surface area contributed by atoms with Crippen molar-refractivity contribution in [2.45, 2.75) is 24.8 Å². The van der Waals surface area contributed by atoms with Crippen LogP contribution in [0.3, 0.4) is 0 Å². The number of halogens is 3. The molecule has 2 aromatic rings. The minimum atomic E-state index is -4.37. The van der Waals surface area contributed by atoms with Crippen LogP contribution in [0.5, 0.6) is 0 Å². The van der Waals surface area contributed by atoms with E-state index in [1.165, 1.54) is 18.2 Å². The summed E-state index contributed by atoms with van der Waals surface area (Å²) in [6.07, 6.45) is -3.56. The van der Waals surface area contributed by atoms with Crippen molar-refractivity contribution in [3.63, 3.8) is 0 Å². The molecular formula is C16H16F3N5O2. The van der Waals surface area contributed by atoms with Gasteiger partial charge >= 0.3 is 6.18 Å². The Hall–Kier alpha value is -2.75. The second-order valence-electron chi connectivity index (χ2n) is 5.87. The van der Waals surface area contributed by atoms with E-state index in [1.54, 1.807) is 4.90 Å². The second-order valence-corrected chi connectivity index (χ2v) is 5.87. The Balaban J connectivity index is 1.68. The summed E-state index contributed by atoms with van der Waals surface area (Å²) in [5, 5.41) is 13.8. The van der Waals surface area contributed by atoms with E-state index in [9.17, 15) is 18.0 Å². The molecule has 26 heavy (non-hydrogen) atoms. The molecule has 1 saturated heterocycles. The smallest absolute Gasteiger partial charge is 0.371 e. The van der Waals surface area contributed by atoms with Crippen LogP contribution in [-0.4, -0.2) is 50.6 Å². The largest absolute Gasteiger partial charge is 0.416 e. The lowest BCUT2D eigenvalue weighted by molar-refractivity contribution is -0.137. The summed E-state index contributed by atoms with van der Waals surface area (Å²) in [5.41, 5.74) is -0.118. The fourth-order valence-corrected chi connectivity index (χ4v) is 2.82. The Morgan fingerprint density at radius 3 is 2.65 bits per heavy atom. The molecule has 1 aromatic heterocycles. The van der Waals surface area contributed by atoms with Gasteiger partial charge in [0, 0.05) is 13.1 Å². The lowest BCUT2D eigenvalue weighted by Crippen LogP contribution is -2.28. The number of ether oxygens (including phenoxy) is 1. The van der Waals surface area contributed by atoms with Crippen molar-refractivity contribution in [3.05, 3.63) is 53.9 Å². The predicted octanol–water partition coefficient (Wildman–Crippen LogP) is 1.92. The van der Waals surface area contributed by atoms with Crippen molar-refractivity contribution in [1.82, 2.24) is 25.5 Å². The molecule has 138 valence electrons. The van der Waals surface area contributed by atoms with Gasteiger partial charge in [0.25, 0.3) is 0 Å². The number of amides is 1. The number of aromatic nitrogens is 4. The average molecular weight is 367 g/mol. The molecule has 0 aliphatic carbocycles. The molecule has 0 spiro atoms. The number of alkyl halides is 3. The van der Waals surface area contributed by atoms with Crippen molar-refractivity contribution in [2.75, 3.05) is 13.1 Å². The van der Waals surface area contributed by atoms with Crippen molar-refractivity contribution < 1.29 is 22.7 Å². The number of benzene rings is 1. The summed E-state index contributed by atoms with van der Waals surface area (Å²) in [6.45, 7) is 4.23. The molecule has 10 heteroatoms. The van der Waals surface area contributed by atoms with Crippen LogP contribution in [0.2, 0.25) is 0 Å². The lowest BCUT2D eigenvalue weighted by Gasteiger charge is -2.16. The highest BCUT2D eigenvalue weighted by Gasteiger charge is 2.38. The fourth-order valence-electron chi connectivity index (χ4n) is 2.82. The number of carbonyl (C=O) groups excluding carboxylic acids is 1. The zero-order valence-corrected chi connectivity index (χ0v) is 13.6. The zero-order valence-electron chi connectivity index (χ0n) is 13.6. The molecule has 0 bridgehead atoms. The molecule has 1 aromatic carbocycles. The topological polar surface area (TPSA) is 84.0 Å². The Bertz CT molecular complexity index is 761. The first-order valence-electron chi connectivity index (χ1n) is 7.81. The Kier molecular flexibility index (Phi) is 5.03. The van der Waals surface area contributed by atoms with Gasteiger partial charge in [0.2, 0.25) is 5.91 Å².